The number of thioether (sulfide) groups is 1. The van der Waals surface area contributed by atoms with Crippen molar-refractivity contribution in [2.45, 2.75) is 39.5 Å². The topological polar surface area (TPSA) is 70.6 Å². The van der Waals surface area contributed by atoms with E-state index in [1.807, 2.05) is 6.08 Å². The standard InChI is InChI=1S/C20H30ClN3OS/c1-4-15-17(9-7-8-10-18(15)21)16(5-2)19(22)11-12-23-20(26-6-3)24-13-14-25/h6,8-10,25H,3-5,7,11-14,22H2,1-2H3,(H,23,24)/b19-16-. The molecule has 1 aliphatic carbocycles. The summed E-state index contributed by atoms with van der Waals surface area (Å²) >= 11 is 7.85. The van der Waals surface area contributed by atoms with E-state index in [0.717, 1.165) is 46.3 Å². The molecule has 0 aromatic heterocycles. The van der Waals surface area contributed by atoms with Crippen molar-refractivity contribution < 1.29 is 5.11 Å². The zero-order valence-electron chi connectivity index (χ0n) is 15.7. The minimum Gasteiger partial charge on any atom is -0.402 e. The summed E-state index contributed by atoms with van der Waals surface area (Å²) in [5.41, 5.74) is 10.8. The molecule has 0 radical (unpaired) electrons. The summed E-state index contributed by atoms with van der Waals surface area (Å²) in [6, 6.07) is 0. The molecule has 0 heterocycles. The Bertz CT molecular complexity index is 633. The highest BCUT2D eigenvalue weighted by Crippen LogP contribution is 2.33. The summed E-state index contributed by atoms with van der Waals surface area (Å²) in [6.07, 6.45) is 9.57. The highest BCUT2D eigenvalue weighted by Gasteiger charge is 2.15. The number of nitrogens with zero attached hydrogens (tertiary/aromatic N) is 1. The molecule has 144 valence electrons. The van der Waals surface area contributed by atoms with Gasteiger partial charge in [0, 0.05) is 23.7 Å². The van der Waals surface area contributed by atoms with E-state index in [9.17, 15) is 0 Å². The van der Waals surface area contributed by atoms with Crippen molar-refractivity contribution in [1.82, 2.24) is 5.32 Å². The van der Waals surface area contributed by atoms with Gasteiger partial charge in [0.15, 0.2) is 5.17 Å². The van der Waals surface area contributed by atoms with E-state index in [1.165, 1.54) is 17.3 Å². The number of aliphatic imine (C=N–C) groups is 1. The van der Waals surface area contributed by atoms with E-state index in [-0.39, 0.29) is 6.61 Å². The minimum atomic E-state index is 0.0278. The molecule has 0 aromatic rings. The van der Waals surface area contributed by atoms with Crippen LogP contribution in [-0.4, -0.2) is 30.0 Å². The van der Waals surface area contributed by atoms with Crippen molar-refractivity contribution in [3.8, 4) is 0 Å². The average molecular weight is 396 g/mol. The first-order valence-electron chi connectivity index (χ1n) is 8.99. The Morgan fingerprint density at radius 1 is 1.50 bits per heavy atom. The third-order valence-electron chi connectivity index (χ3n) is 3.98. The fourth-order valence-corrected chi connectivity index (χ4v) is 3.62. The molecule has 4 N–H and O–H groups in total. The number of hydrogen-bond donors (Lipinski definition) is 3. The number of halogens is 1. The van der Waals surface area contributed by atoms with Crippen molar-refractivity contribution in [3.63, 3.8) is 0 Å². The molecule has 0 saturated carbocycles. The van der Waals surface area contributed by atoms with Gasteiger partial charge in [-0.25, -0.2) is 0 Å². The van der Waals surface area contributed by atoms with E-state index in [2.05, 4.69) is 42.9 Å². The Labute approximate surface area is 166 Å². The third kappa shape index (κ3) is 7.06. The van der Waals surface area contributed by atoms with Gasteiger partial charge < -0.3 is 16.2 Å². The summed E-state index contributed by atoms with van der Waals surface area (Å²) in [7, 11) is 0. The number of amidine groups is 1. The van der Waals surface area contributed by atoms with Gasteiger partial charge in [-0.2, -0.15) is 0 Å². The predicted molar refractivity (Wildman–Crippen MR) is 116 cm³/mol. The zero-order chi connectivity index (χ0) is 19.4. The molecule has 1 aliphatic rings. The van der Waals surface area contributed by atoms with Gasteiger partial charge in [0.1, 0.15) is 0 Å². The van der Waals surface area contributed by atoms with E-state index in [1.54, 1.807) is 5.41 Å². The van der Waals surface area contributed by atoms with Crippen LogP contribution in [0.5, 0.6) is 0 Å². The van der Waals surface area contributed by atoms with Crippen LogP contribution in [0.15, 0.2) is 62.7 Å². The number of aliphatic hydroxyl groups is 1. The number of rotatable bonds is 9. The zero-order valence-corrected chi connectivity index (χ0v) is 17.3. The number of allylic oxidation sites excluding steroid dienone is 7. The van der Waals surface area contributed by atoms with Crippen molar-refractivity contribution in [2.24, 2.45) is 10.7 Å². The monoisotopic (exact) mass is 395 g/mol. The fraction of sp³-hybridized carbons (Fsp3) is 0.450. The molecule has 0 bridgehead atoms. The molecule has 0 fully saturated rings. The highest BCUT2D eigenvalue weighted by atomic mass is 35.5. The quantitative estimate of drug-likeness (QED) is 0.394. The first-order chi connectivity index (χ1) is 12.6. The second-order valence-corrected chi connectivity index (χ2v) is 7.03. The summed E-state index contributed by atoms with van der Waals surface area (Å²) < 4.78 is 0. The second-order valence-electron chi connectivity index (χ2n) is 5.67. The molecule has 0 amide bonds. The highest BCUT2D eigenvalue weighted by molar-refractivity contribution is 8.16. The van der Waals surface area contributed by atoms with Crippen molar-refractivity contribution >= 4 is 28.5 Å². The largest absolute Gasteiger partial charge is 0.402 e. The first-order valence-corrected chi connectivity index (χ1v) is 10.2. The Kier molecular flexibility index (Phi) is 11.2. The Balaban J connectivity index is 2.90. The Morgan fingerprint density at radius 2 is 2.27 bits per heavy atom. The van der Waals surface area contributed by atoms with E-state index >= 15 is 0 Å². The van der Waals surface area contributed by atoms with Crippen LogP contribution in [0.25, 0.3) is 0 Å². The van der Waals surface area contributed by atoms with Gasteiger partial charge in [-0.05, 0) is 47.5 Å². The molecular formula is C20H30ClN3OS. The van der Waals surface area contributed by atoms with Crippen LogP contribution in [0.1, 0.15) is 39.5 Å². The van der Waals surface area contributed by atoms with Gasteiger partial charge in [-0.15, -0.1) is 0 Å². The first kappa shape index (κ1) is 22.6. The van der Waals surface area contributed by atoms with Crippen molar-refractivity contribution in [1.29, 1.82) is 0 Å². The lowest BCUT2D eigenvalue weighted by molar-refractivity contribution is 0.307. The van der Waals surface area contributed by atoms with Gasteiger partial charge in [-0.3, -0.25) is 4.99 Å². The van der Waals surface area contributed by atoms with E-state index < -0.39 is 0 Å². The summed E-state index contributed by atoms with van der Waals surface area (Å²) in [5.74, 6) is 0. The Morgan fingerprint density at radius 3 is 2.88 bits per heavy atom. The molecule has 0 saturated heterocycles. The maximum Gasteiger partial charge on any atom is 0.160 e. The van der Waals surface area contributed by atoms with Crippen LogP contribution in [-0.2, 0) is 0 Å². The number of hydrogen-bond acceptors (Lipinski definition) is 4. The van der Waals surface area contributed by atoms with E-state index in [0.29, 0.717) is 19.5 Å². The lowest BCUT2D eigenvalue weighted by Crippen LogP contribution is -2.24. The van der Waals surface area contributed by atoms with Gasteiger partial charge in [0.2, 0.25) is 0 Å². The molecule has 0 aliphatic heterocycles. The molecule has 0 spiro atoms. The molecule has 0 unspecified atom stereocenters. The van der Waals surface area contributed by atoms with Crippen molar-refractivity contribution in [2.75, 3.05) is 19.7 Å². The van der Waals surface area contributed by atoms with Crippen LogP contribution in [0.4, 0.5) is 0 Å². The Hall–Kier alpha value is -1.43. The van der Waals surface area contributed by atoms with Gasteiger partial charge in [0.25, 0.3) is 0 Å². The lowest BCUT2D eigenvalue weighted by atomic mass is 9.91. The SMILES string of the molecule is C=CSC(=NCCO)NCC/C(N)=C(\CC)C1=CCC=CC(Cl)=C1CC. The molecular weight excluding hydrogens is 366 g/mol. The smallest absolute Gasteiger partial charge is 0.160 e. The lowest BCUT2D eigenvalue weighted by Gasteiger charge is -2.18. The summed E-state index contributed by atoms with van der Waals surface area (Å²) in [6.45, 7) is 9.01. The average Bonchev–Trinajstić information content (AvgIpc) is 2.81. The maximum absolute atomic E-state index is 8.91. The molecule has 0 atom stereocenters. The fourth-order valence-electron chi connectivity index (χ4n) is 2.79. The molecule has 6 heteroatoms. The summed E-state index contributed by atoms with van der Waals surface area (Å²) in [4.78, 5) is 4.28. The van der Waals surface area contributed by atoms with Crippen LogP contribution in [0.3, 0.4) is 0 Å². The van der Waals surface area contributed by atoms with Crippen LogP contribution >= 0.6 is 23.4 Å². The molecule has 4 nitrogen and oxygen atoms in total. The predicted octanol–water partition coefficient (Wildman–Crippen LogP) is 4.60. The molecule has 1 rings (SSSR count). The summed E-state index contributed by atoms with van der Waals surface area (Å²) in [5, 5.41) is 15.4. The molecule has 0 aromatic carbocycles. The number of nitrogens with one attached hydrogen (secondary N) is 1. The van der Waals surface area contributed by atoms with Gasteiger partial charge in [-0.1, -0.05) is 55.9 Å². The van der Waals surface area contributed by atoms with E-state index in [4.69, 9.17) is 22.4 Å². The normalized spacial score (nSPS) is 16.2. The van der Waals surface area contributed by atoms with Crippen LogP contribution < -0.4 is 11.1 Å². The number of aliphatic hydroxyl groups excluding tert-OH is 1. The third-order valence-corrected chi connectivity index (χ3v) is 4.99. The minimum absolute atomic E-state index is 0.0278. The van der Waals surface area contributed by atoms with Gasteiger partial charge in [0.05, 0.1) is 13.2 Å². The van der Waals surface area contributed by atoms with Crippen molar-refractivity contribution in [3.05, 3.63) is 57.7 Å². The number of nitrogens with two attached hydrogens (primary N) is 1. The maximum atomic E-state index is 8.91. The van der Waals surface area contributed by atoms with Gasteiger partial charge >= 0.3 is 0 Å². The van der Waals surface area contributed by atoms with Crippen LogP contribution in [0.2, 0.25) is 0 Å². The molecule has 26 heavy (non-hydrogen) atoms. The second kappa shape index (κ2) is 12.8. The van der Waals surface area contributed by atoms with Crippen LogP contribution in [0, 0.1) is 0 Å².